The molecule has 1 aromatic carbocycles. The molecule has 12 heteroatoms. The van der Waals surface area contributed by atoms with Gasteiger partial charge in [0.2, 0.25) is 5.95 Å². The predicted octanol–water partition coefficient (Wildman–Crippen LogP) is 3.79. The number of fused-ring (bicyclic) bond motifs is 3. The number of aliphatic hydroxyl groups excluding tert-OH is 1. The normalized spacial score (nSPS) is 17.2. The average molecular weight is 527 g/mol. The lowest BCUT2D eigenvalue weighted by atomic mass is 9.96. The van der Waals surface area contributed by atoms with Crippen LogP contribution in [0.1, 0.15) is 56.3 Å². The van der Waals surface area contributed by atoms with Crippen molar-refractivity contribution in [1.29, 1.82) is 0 Å². The number of aliphatic hydroxyl groups is 2. The molecular formula is C24H29F3N4O4S. The van der Waals surface area contributed by atoms with Crippen LogP contribution in [0.4, 0.5) is 19.1 Å². The molecule has 196 valence electrons. The van der Waals surface area contributed by atoms with Crippen LogP contribution in [-0.4, -0.2) is 46.0 Å². The summed E-state index contributed by atoms with van der Waals surface area (Å²) in [5, 5.41) is 20.7. The highest BCUT2D eigenvalue weighted by molar-refractivity contribution is 7.90. The number of hydrogen-bond donors (Lipinski definition) is 2. The van der Waals surface area contributed by atoms with Gasteiger partial charge >= 0.3 is 6.18 Å². The van der Waals surface area contributed by atoms with Crippen molar-refractivity contribution in [1.82, 2.24) is 14.5 Å². The van der Waals surface area contributed by atoms with Crippen LogP contribution in [0.15, 0.2) is 29.3 Å². The highest BCUT2D eigenvalue weighted by Crippen LogP contribution is 2.41. The molecule has 1 aliphatic rings. The second-order valence-electron chi connectivity index (χ2n) is 10.0. The standard InChI is InChI=1S/C24H29F3N4O4S/c1-13(2)20-18-9-14-8-15(12-32)19(36(5,34)35)10-17(14)30(18)6-7-31(20)22-28-11-16(23(3,4)33)21(29-22)24(25,26)27/h8-11,13,20,32-33H,6-7,12H2,1-5H3/t20-/m1/s1. The summed E-state index contributed by atoms with van der Waals surface area (Å²) in [4.78, 5) is 9.84. The van der Waals surface area contributed by atoms with Gasteiger partial charge in [0.1, 0.15) is 0 Å². The summed E-state index contributed by atoms with van der Waals surface area (Å²) in [5.74, 6) is -0.162. The minimum absolute atomic E-state index is 0.0438. The van der Waals surface area contributed by atoms with Gasteiger partial charge in [-0.25, -0.2) is 18.4 Å². The van der Waals surface area contributed by atoms with E-state index in [2.05, 4.69) is 9.97 Å². The number of rotatable bonds is 5. The third-order valence-corrected chi connectivity index (χ3v) is 7.66. The molecular weight excluding hydrogens is 497 g/mol. The molecule has 0 aliphatic carbocycles. The lowest BCUT2D eigenvalue weighted by molar-refractivity contribution is -0.144. The van der Waals surface area contributed by atoms with Crippen molar-refractivity contribution in [2.75, 3.05) is 17.7 Å². The molecule has 3 aromatic rings. The van der Waals surface area contributed by atoms with Gasteiger partial charge in [-0.05, 0) is 43.5 Å². The number of anilines is 1. The van der Waals surface area contributed by atoms with Crippen molar-refractivity contribution >= 4 is 26.7 Å². The number of sulfone groups is 1. The van der Waals surface area contributed by atoms with Crippen molar-refractivity contribution < 1.29 is 31.8 Å². The molecule has 0 amide bonds. The van der Waals surface area contributed by atoms with Crippen LogP contribution in [-0.2, 0) is 34.8 Å². The first-order chi connectivity index (χ1) is 16.5. The Labute approximate surface area is 207 Å². The first-order valence-corrected chi connectivity index (χ1v) is 13.3. The first kappa shape index (κ1) is 26.4. The molecule has 36 heavy (non-hydrogen) atoms. The summed E-state index contributed by atoms with van der Waals surface area (Å²) >= 11 is 0. The van der Waals surface area contributed by atoms with Gasteiger partial charge < -0.3 is 19.7 Å². The highest BCUT2D eigenvalue weighted by Gasteiger charge is 2.41. The monoisotopic (exact) mass is 526 g/mol. The smallest absolute Gasteiger partial charge is 0.392 e. The maximum atomic E-state index is 13.9. The van der Waals surface area contributed by atoms with Crippen LogP contribution in [0.25, 0.3) is 10.9 Å². The van der Waals surface area contributed by atoms with Gasteiger partial charge in [-0.2, -0.15) is 13.2 Å². The van der Waals surface area contributed by atoms with Gasteiger partial charge in [-0.3, -0.25) is 0 Å². The molecule has 2 aromatic heterocycles. The number of benzene rings is 1. The first-order valence-electron chi connectivity index (χ1n) is 11.4. The van der Waals surface area contributed by atoms with E-state index in [1.807, 2.05) is 24.5 Å². The number of nitrogens with zero attached hydrogens (tertiary/aromatic N) is 4. The Hall–Kier alpha value is -2.70. The number of aromatic nitrogens is 3. The molecule has 0 fully saturated rings. The SMILES string of the molecule is CC(C)[C@@H]1c2cc3cc(CO)c(S(C)(=O)=O)cc3n2CCN1c1ncc(C(C)(C)O)c(C(F)(F)F)n1. The van der Waals surface area contributed by atoms with Crippen molar-refractivity contribution in [3.63, 3.8) is 0 Å². The van der Waals surface area contributed by atoms with E-state index in [4.69, 9.17) is 0 Å². The molecule has 0 unspecified atom stereocenters. The number of hydrogen-bond acceptors (Lipinski definition) is 7. The maximum absolute atomic E-state index is 13.9. The zero-order chi connectivity index (χ0) is 26.8. The van der Waals surface area contributed by atoms with Crippen LogP contribution in [0.2, 0.25) is 0 Å². The number of alkyl halides is 3. The number of halogens is 3. The summed E-state index contributed by atoms with van der Waals surface area (Å²) in [7, 11) is -3.59. The fourth-order valence-corrected chi connectivity index (χ4v) is 5.85. The molecule has 0 saturated heterocycles. The predicted molar refractivity (Wildman–Crippen MR) is 128 cm³/mol. The summed E-state index contributed by atoms with van der Waals surface area (Å²) in [5.41, 5.74) is -1.63. The topological polar surface area (TPSA) is 109 Å². The lowest BCUT2D eigenvalue weighted by Gasteiger charge is -2.40. The molecule has 3 heterocycles. The second-order valence-corrected chi connectivity index (χ2v) is 12.0. The van der Waals surface area contributed by atoms with Crippen molar-refractivity contribution in [3.05, 3.63) is 46.9 Å². The van der Waals surface area contributed by atoms with Crippen LogP contribution in [0.5, 0.6) is 0 Å². The summed E-state index contributed by atoms with van der Waals surface area (Å²) in [6.45, 7) is 6.57. The maximum Gasteiger partial charge on any atom is 0.433 e. The zero-order valence-electron chi connectivity index (χ0n) is 20.6. The lowest BCUT2D eigenvalue weighted by Crippen LogP contribution is -2.42. The Morgan fingerprint density at radius 2 is 1.83 bits per heavy atom. The second kappa shape index (κ2) is 8.70. The Bertz CT molecular complexity index is 1430. The molecule has 0 bridgehead atoms. The quantitative estimate of drug-likeness (QED) is 0.521. The fraction of sp³-hybridized carbons (Fsp3) is 0.500. The molecule has 0 radical (unpaired) electrons. The largest absolute Gasteiger partial charge is 0.433 e. The third kappa shape index (κ3) is 4.57. The van der Waals surface area contributed by atoms with Crippen molar-refractivity contribution in [3.8, 4) is 0 Å². The van der Waals surface area contributed by atoms with Gasteiger partial charge in [0, 0.05) is 47.7 Å². The van der Waals surface area contributed by atoms with E-state index >= 15 is 0 Å². The highest BCUT2D eigenvalue weighted by atomic mass is 32.2. The minimum Gasteiger partial charge on any atom is -0.392 e. The molecule has 8 nitrogen and oxygen atoms in total. The van der Waals surface area contributed by atoms with Gasteiger partial charge in [-0.15, -0.1) is 0 Å². The van der Waals surface area contributed by atoms with E-state index < -0.39 is 45.5 Å². The van der Waals surface area contributed by atoms with E-state index in [1.54, 1.807) is 17.0 Å². The summed E-state index contributed by atoms with van der Waals surface area (Å²) in [6, 6.07) is 4.64. The van der Waals surface area contributed by atoms with Gasteiger partial charge in [0.05, 0.1) is 23.1 Å². The average Bonchev–Trinajstić information content (AvgIpc) is 3.12. The Kier molecular flexibility index (Phi) is 6.37. The van der Waals surface area contributed by atoms with Crippen LogP contribution in [0.3, 0.4) is 0 Å². The van der Waals surface area contributed by atoms with Crippen LogP contribution < -0.4 is 4.90 Å². The van der Waals surface area contributed by atoms with Crippen LogP contribution in [0, 0.1) is 5.92 Å². The van der Waals surface area contributed by atoms with Crippen LogP contribution >= 0.6 is 0 Å². The van der Waals surface area contributed by atoms with E-state index in [0.29, 0.717) is 12.1 Å². The van der Waals surface area contributed by atoms with E-state index in [9.17, 15) is 31.8 Å². The minimum atomic E-state index is -4.78. The van der Waals surface area contributed by atoms with Crippen molar-refractivity contribution in [2.45, 2.75) is 63.6 Å². The Morgan fingerprint density at radius 1 is 1.17 bits per heavy atom. The Balaban J connectivity index is 1.88. The van der Waals surface area contributed by atoms with Gasteiger partial charge in [-0.1, -0.05) is 13.8 Å². The molecule has 1 atom stereocenters. The summed E-state index contributed by atoms with van der Waals surface area (Å²) in [6.07, 6.45) is -2.68. The molecule has 2 N–H and O–H groups in total. The van der Waals surface area contributed by atoms with E-state index in [-0.39, 0.29) is 28.9 Å². The third-order valence-electron chi connectivity index (χ3n) is 6.48. The van der Waals surface area contributed by atoms with Gasteiger partial charge in [0.15, 0.2) is 15.5 Å². The van der Waals surface area contributed by atoms with E-state index in [0.717, 1.165) is 23.5 Å². The Morgan fingerprint density at radius 3 is 2.36 bits per heavy atom. The molecule has 1 aliphatic heterocycles. The summed E-state index contributed by atoms with van der Waals surface area (Å²) < 4.78 is 68.2. The fourth-order valence-electron chi connectivity index (χ4n) is 4.93. The zero-order valence-corrected chi connectivity index (χ0v) is 21.4. The molecule has 4 rings (SSSR count). The molecule has 0 saturated carbocycles. The molecule has 0 spiro atoms. The van der Waals surface area contributed by atoms with Gasteiger partial charge in [0.25, 0.3) is 0 Å². The van der Waals surface area contributed by atoms with Crippen molar-refractivity contribution in [2.24, 2.45) is 5.92 Å². The van der Waals surface area contributed by atoms with E-state index in [1.165, 1.54) is 13.8 Å².